The molecule has 0 spiro atoms. The second-order valence-electron chi connectivity index (χ2n) is 5.85. The van der Waals surface area contributed by atoms with Crippen molar-refractivity contribution in [3.05, 3.63) is 23.7 Å². The largest absolute Gasteiger partial charge is 0.382 e. The van der Waals surface area contributed by atoms with Crippen LogP contribution in [0.5, 0.6) is 0 Å². The Labute approximate surface area is 141 Å². The summed E-state index contributed by atoms with van der Waals surface area (Å²) in [4.78, 5) is 27.2. The molecule has 0 aromatic rings. The number of rotatable bonds is 5. The van der Waals surface area contributed by atoms with Crippen molar-refractivity contribution >= 4 is 11.8 Å². The van der Waals surface area contributed by atoms with Crippen molar-refractivity contribution in [3.63, 3.8) is 0 Å². The molecule has 0 aliphatic carbocycles. The molecule has 1 heterocycles. The highest BCUT2D eigenvalue weighted by Gasteiger charge is 2.35. The van der Waals surface area contributed by atoms with Gasteiger partial charge in [-0.05, 0) is 26.8 Å². The zero-order chi connectivity index (χ0) is 18.4. The molecule has 0 unspecified atom stereocenters. The molecule has 1 saturated heterocycles. The third-order valence-electron chi connectivity index (χ3n) is 4.26. The van der Waals surface area contributed by atoms with E-state index in [9.17, 15) is 19.1 Å². The normalized spacial score (nSPS) is 22.2. The van der Waals surface area contributed by atoms with Crippen molar-refractivity contribution < 1.29 is 24.3 Å². The van der Waals surface area contributed by atoms with Gasteiger partial charge in [0.15, 0.2) is 0 Å². The fraction of sp³-hybridized carbons (Fsp3) is 0.625. The van der Waals surface area contributed by atoms with Gasteiger partial charge in [-0.2, -0.15) is 0 Å². The second-order valence-corrected chi connectivity index (χ2v) is 5.85. The zero-order valence-corrected chi connectivity index (χ0v) is 14.5. The molecule has 8 heteroatoms. The zero-order valence-electron chi connectivity index (χ0n) is 14.5. The van der Waals surface area contributed by atoms with Gasteiger partial charge in [0, 0.05) is 25.7 Å². The van der Waals surface area contributed by atoms with Gasteiger partial charge >= 0.3 is 0 Å². The molecule has 136 valence electrons. The molecule has 1 aliphatic rings. The number of aliphatic hydroxyl groups excluding tert-OH is 1. The van der Waals surface area contributed by atoms with Gasteiger partial charge in [-0.15, -0.1) is 0 Å². The van der Waals surface area contributed by atoms with Crippen molar-refractivity contribution in [1.82, 2.24) is 15.3 Å². The van der Waals surface area contributed by atoms with Crippen LogP contribution in [0.3, 0.4) is 0 Å². The average molecular weight is 343 g/mol. The lowest BCUT2D eigenvalue weighted by Gasteiger charge is -2.42. The van der Waals surface area contributed by atoms with Gasteiger partial charge in [0.25, 0.3) is 5.91 Å². The highest BCUT2D eigenvalue weighted by Crippen LogP contribution is 2.22. The first kappa shape index (κ1) is 20.1. The maximum atomic E-state index is 13.9. The predicted octanol–water partition coefficient (Wildman–Crippen LogP) is 0.799. The van der Waals surface area contributed by atoms with Crippen LogP contribution in [0.2, 0.25) is 0 Å². The van der Waals surface area contributed by atoms with Crippen LogP contribution in [0.4, 0.5) is 4.39 Å². The van der Waals surface area contributed by atoms with Crippen LogP contribution < -0.4 is 5.48 Å². The number of nitrogens with one attached hydrogen (secondary N) is 1. The summed E-state index contributed by atoms with van der Waals surface area (Å²) in [6, 6.07) is -0.210. The maximum absolute atomic E-state index is 13.9. The van der Waals surface area contributed by atoms with Gasteiger partial charge < -0.3 is 14.9 Å². The van der Waals surface area contributed by atoms with Gasteiger partial charge in [0.1, 0.15) is 11.9 Å². The van der Waals surface area contributed by atoms with Crippen LogP contribution in [0, 0.1) is 5.92 Å². The summed E-state index contributed by atoms with van der Waals surface area (Å²) in [5.74, 6) is -2.70. The van der Waals surface area contributed by atoms with Crippen LogP contribution in [-0.2, 0) is 9.59 Å². The second kappa shape index (κ2) is 8.79. The molecule has 1 fully saturated rings. The SMILES string of the molecule is C/C=C(F)\C(=C/C)N1CCN(C(=O)[C@@H](C)[C@H](O)C(=O)NO)[C@H](C)C1. The number of hydroxylamine groups is 1. The minimum absolute atomic E-state index is 0.210. The molecule has 24 heavy (non-hydrogen) atoms. The Morgan fingerprint density at radius 1 is 1.29 bits per heavy atom. The number of aliphatic hydroxyl groups is 1. The number of carbonyl (C=O) groups is 2. The molecular weight excluding hydrogens is 317 g/mol. The third kappa shape index (κ3) is 4.33. The first-order valence-electron chi connectivity index (χ1n) is 7.94. The average Bonchev–Trinajstić information content (AvgIpc) is 2.59. The highest BCUT2D eigenvalue weighted by atomic mass is 19.1. The number of carbonyl (C=O) groups excluding carboxylic acids is 2. The Hall–Kier alpha value is -1.93. The van der Waals surface area contributed by atoms with Gasteiger partial charge in [0.2, 0.25) is 5.91 Å². The molecule has 0 saturated carbocycles. The fourth-order valence-corrected chi connectivity index (χ4v) is 2.81. The minimum atomic E-state index is -1.63. The third-order valence-corrected chi connectivity index (χ3v) is 4.26. The summed E-state index contributed by atoms with van der Waals surface area (Å²) >= 11 is 0. The molecule has 2 amide bonds. The standard InChI is InChI=1S/C16H26FN3O4/c1-5-12(17)13(6-2)19-7-8-20(10(3)9-19)16(23)11(4)14(21)15(22)18-24/h5-6,10-11,14,21,24H,7-9H2,1-4H3,(H,18,22)/b12-5+,13-6+/t10-,11+,14+/m1/s1. The van der Waals surface area contributed by atoms with E-state index in [0.717, 1.165) is 0 Å². The van der Waals surface area contributed by atoms with Crippen LogP contribution in [0.1, 0.15) is 27.7 Å². The molecule has 0 bridgehead atoms. The van der Waals surface area contributed by atoms with E-state index in [1.54, 1.807) is 24.8 Å². The number of halogens is 1. The Bertz CT molecular complexity index is 535. The van der Waals surface area contributed by atoms with E-state index < -0.39 is 17.9 Å². The van der Waals surface area contributed by atoms with Gasteiger partial charge in [-0.1, -0.05) is 13.0 Å². The number of piperazine rings is 1. The van der Waals surface area contributed by atoms with Crippen molar-refractivity contribution in [1.29, 1.82) is 0 Å². The topological polar surface area (TPSA) is 93.1 Å². The van der Waals surface area contributed by atoms with E-state index in [0.29, 0.717) is 25.3 Å². The fourth-order valence-electron chi connectivity index (χ4n) is 2.81. The van der Waals surface area contributed by atoms with Gasteiger partial charge in [-0.3, -0.25) is 14.8 Å². The summed E-state index contributed by atoms with van der Waals surface area (Å²) in [6.45, 7) is 7.89. The van der Waals surface area contributed by atoms with Crippen molar-refractivity contribution in [2.24, 2.45) is 5.92 Å². The maximum Gasteiger partial charge on any atom is 0.272 e. The molecule has 7 nitrogen and oxygen atoms in total. The van der Waals surface area contributed by atoms with Crippen LogP contribution in [-0.4, -0.2) is 63.7 Å². The molecule has 0 aromatic carbocycles. The summed E-state index contributed by atoms with van der Waals surface area (Å²) in [5.41, 5.74) is 1.83. The lowest BCUT2D eigenvalue weighted by Crippen LogP contribution is -2.56. The van der Waals surface area contributed by atoms with E-state index in [-0.39, 0.29) is 17.8 Å². The van der Waals surface area contributed by atoms with Crippen LogP contribution >= 0.6 is 0 Å². The predicted molar refractivity (Wildman–Crippen MR) is 86.5 cm³/mol. The lowest BCUT2D eigenvalue weighted by molar-refractivity contribution is -0.151. The lowest BCUT2D eigenvalue weighted by atomic mass is 10.0. The number of hydrogen-bond donors (Lipinski definition) is 3. The highest BCUT2D eigenvalue weighted by molar-refractivity contribution is 5.88. The quantitative estimate of drug-likeness (QED) is 0.390. The monoisotopic (exact) mass is 343 g/mol. The number of hydrogen-bond acceptors (Lipinski definition) is 5. The van der Waals surface area contributed by atoms with Crippen LogP contribution in [0.15, 0.2) is 23.7 Å². The van der Waals surface area contributed by atoms with Crippen molar-refractivity contribution in [2.45, 2.75) is 39.8 Å². The van der Waals surface area contributed by atoms with E-state index in [1.807, 2.05) is 11.8 Å². The van der Waals surface area contributed by atoms with Crippen molar-refractivity contribution in [2.75, 3.05) is 19.6 Å². The molecule has 1 rings (SSSR count). The first-order chi connectivity index (χ1) is 11.3. The van der Waals surface area contributed by atoms with E-state index in [1.165, 1.54) is 18.5 Å². The summed E-state index contributed by atoms with van der Waals surface area (Å²) in [7, 11) is 0. The summed E-state index contributed by atoms with van der Waals surface area (Å²) in [6.07, 6.45) is 1.46. The van der Waals surface area contributed by atoms with E-state index in [2.05, 4.69) is 0 Å². The molecule has 1 aliphatic heterocycles. The molecule has 0 radical (unpaired) electrons. The first-order valence-corrected chi connectivity index (χ1v) is 7.94. The molecule has 3 atom stereocenters. The smallest absolute Gasteiger partial charge is 0.272 e. The van der Waals surface area contributed by atoms with Gasteiger partial charge in [0.05, 0.1) is 11.6 Å². The number of amides is 2. The molecule has 0 aromatic heterocycles. The summed E-state index contributed by atoms with van der Waals surface area (Å²) in [5, 5.41) is 18.3. The Morgan fingerprint density at radius 3 is 2.38 bits per heavy atom. The summed E-state index contributed by atoms with van der Waals surface area (Å²) < 4.78 is 13.9. The Kier molecular flexibility index (Phi) is 7.37. The van der Waals surface area contributed by atoms with Crippen LogP contribution in [0.25, 0.3) is 0 Å². The van der Waals surface area contributed by atoms with Crippen molar-refractivity contribution in [3.8, 4) is 0 Å². The molecular formula is C16H26FN3O4. The molecule has 3 N–H and O–H groups in total. The number of allylic oxidation sites excluding steroid dienone is 3. The minimum Gasteiger partial charge on any atom is -0.382 e. The Balaban J connectivity index is 2.79. The number of nitrogens with zero attached hydrogens (tertiary/aromatic N) is 2. The van der Waals surface area contributed by atoms with Gasteiger partial charge in [-0.25, -0.2) is 9.87 Å². The van der Waals surface area contributed by atoms with E-state index >= 15 is 0 Å². The van der Waals surface area contributed by atoms with E-state index in [4.69, 9.17) is 5.21 Å². The Morgan fingerprint density at radius 2 is 1.92 bits per heavy atom.